The number of unbranched alkanes of at least 4 members (excludes halogenated alkanes) is 15. The fourth-order valence-electron chi connectivity index (χ4n) is 3.24. The smallest absolute Gasteiger partial charge is 0.0675 e. The highest BCUT2D eigenvalue weighted by Gasteiger charge is 1.99. The third-order valence-corrected chi connectivity index (χ3v) is 4.85. The lowest BCUT2D eigenvalue weighted by Crippen LogP contribution is -2.27. The normalized spacial score (nSPS) is 11.7. The Labute approximate surface area is 160 Å². The lowest BCUT2D eigenvalue weighted by molar-refractivity contribution is -0.303. The van der Waals surface area contributed by atoms with Crippen molar-refractivity contribution in [2.75, 3.05) is 0 Å². The quantitative estimate of drug-likeness (QED) is 0.255. The van der Waals surface area contributed by atoms with E-state index in [1.165, 1.54) is 83.5 Å². The minimum atomic E-state index is -1.47. The van der Waals surface area contributed by atoms with E-state index in [0.717, 1.165) is 12.8 Å². The van der Waals surface area contributed by atoms with Gasteiger partial charge in [-0.2, -0.15) is 0 Å². The fourth-order valence-corrected chi connectivity index (χ4v) is 3.24. The second-order valence-corrected chi connectivity index (χ2v) is 7.33. The second-order valence-electron chi connectivity index (χ2n) is 7.33. The van der Waals surface area contributed by atoms with E-state index in [-0.39, 0.29) is 12.0 Å². The first kappa shape index (κ1) is 24.7. The average Bonchev–Trinajstić information content (AvgIpc) is 2.59. The van der Waals surface area contributed by atoms with Gasteiger partial charge in [0.05, 0.1) is 11.9 Å². The van der Waals surface area contributed by atoms with Crippen molar-refractivity contribution in [3.05, 3.63) is 11.6 Å². The lowest BCUT2D eigenvalue weighted by Gasteiger charge is -2.09. The minimum Gasteiger partial charge on any atom is -0.545 e. The lowest BCUT2D eigenvalue weighted by atomic mass is 10.0. The molecule has 4 heteroatoms. The third kappa shape index (κ3) is 17.5. The van der Waals surface area contributed by atoms with Crippen molar-refractivity contribution >= 4 is 11.9 Å². The molecule has 0 unspecified atom stereocenters. The van der Waals surface area contributed by atoms with Gasteiger partial charge in [0.25, 0.3) is 0 Å². The summed E-state index contributed by atoms with van der Waals surface area (Å²) in [6, 6.07) is 0. The van der Waals surface area contributed by atoms with Crippen LogP contribution in [0, 0.1) is 0 Å². The van der Waals surface area contributed by atoms with Crippen LogP contribution in [0.4, 0.5) is 0 Å². The number of hydrogen-bond acceptors (Lipinski definition) is 4. The van der Waals surface area contributed by atoms with E-state index in [4.69, 9.17) is 0 Å². The summed E-state index contributed by atoms with van der Waals surface area (Å²) in [6.45, 7) is 2.25. The van der Waals surface area contributed by atoms with Crippen LogP contribution in [0.25, 0.3) is 0 Å². The Morgan fingerprint density at radius 2 is 0.962 bits per heavy atom. The van der Waals surface area contributed by atoms with Crippen LogP contribution in [0.2, 0.25) is 0 Å². The first-order valence-electron chi connectivity index (χ1n) is 10.7. The molecular formula is C22H38O4-2. The van der Waals surface area contributed by atoms with E-state index in [9.17, 15) is 19.8 Å². The van der Waals surface area contributed by atoms with E-state index in [0.29, 0.717) is 12.5 Å². The Morgan fingerprint density at radius 3 is 1.27 bits per heavy atom. The van der Waals surface area contributed by atoms with Crippen LogP contribution in [0.3, 0.4) is 0 Å². The first-order chi connectivity index (χ1) is 12.6. The molecular weight excluding hydrogens is 328 g/mol. The van der Waals surface area contributed by atoms with Crippen molar-refractivity contribution in [1.82, 2.24) is 0 Å². The molecule has 0 rings (SSSR count). The SMILES string of the molecule is CCCCCCCCCCCCCCCCCC/C(=C\C(=O)[O-])C(=O)[O-]. The van der Waals surface area contributed by atoms with Crippen LogP contribution >= 0.6 is 0 Å². The molecule has 0 heterocycles. The molecule has 0 aliphatic rings. The summed E-state index contributed by atoms with van der Waals surface area (Å²) >= 11 is 0. The molecule has 0 spiro atoms. The summed E-state index contributed by atoms with van der Waals surface area (Å²) < 4.78 is 0. The summed E-state index contributed by atoms with van der Waals surface area (Å²) in [5.41, 5.74) is -0.171. The monoisotopic (exact) mass is 366 g/mol. The summed E-state index contributed by atoms with van der Waals surface area (Å²) in [7, 11) is 0. The maximum absolute atomic E-state index is 10.8. The van der Waals surface area contributed by atoms with Gasteiger partial charge < -0.3 is 19.8 Å². The Hall–Kier alpha value is -1.32. The highest BCUT2D eigenvalue weighted by atomic mass is 16.4. The molecule has 26 heavy (non-hydrogen) atoms. The van der Waals surface area contributed by atoms with E-state index in [1.54, 1.807) is 0 Å². The van der Waals surface area contributed by atoms with Crippen molar-refractivity contribution < 1.29 is 19.8 Å². The highest BCUT2D eigenvalue weighted by Crippen LogP contribution is 2.15. The summed E-state index contributed by atoms with van der Waals surface area (Å²) in [5, 5.41) is 21.2. The molecule has 0 aromatic heterocycles. The molecule has 0 N–H and O–H groups in total. The maximum atomic E-state index is 10.8. The predicted molar refractivity (Wildman–Crippen MR) is 102 cm³/mol. The van der Waals surface area contributed by atoms with Gasteiger partial charge >= 0.3 is 0 Å². The molecule has 0 saturated carbocycles. The molecule has 0 bridgehead atoms. The van der Waals surface area contributed by atoms with Gasteiger partial charge in [-0.1, -0.05) is 103 Å². The molecule has 4 nitrogen and oxygen atoms in total. The van der Waals surface area contributed by atoms with Gasteiger partial charge in [0, 0.05) is 0 Å². The Kier molecular flexibility index (Phi) is 17.5. The third-order valence-electron chi connectivity index (χ3n) is 4.85. The molecule has 0 aliphatic heterocycles. The molecule has 0 amide bonds. The molecule has 0 fully saturated rings. The first-order valence-corrected chi connectivity index (χ1v) is 10.7. The number of carbonyl (C=O) groups is 2. The van der Waals surface area contributed by atoms with E-state index >= 15 is 0 Å². The van der Waals surface area contributed by atoms with Gasteiger partial charge in [-0.25, -0.2) is 0 Å². The van der Waals surface area contributed by atoms with Gasteiger partial charge in [0.2, 0.25) is 0 Å². The van der Waals surface area contributed by atoms with Gasteiger partial charge in [0.1, 0.15) is 0 Å². The molecule has 0 aromatic rings. The topological polar surface area (TPSA) is 80.3 Å². The largest absolute Gasteiger partial charge is 0.545 e. The zero-order valence-corrected chi connectivity index (χ0v) is 16.7. The minimum absolute atomic E-state index is 0.171. The number of aliphatic carboxylic acids is 2. The van der Waals surface area contributed by atoms with Crippen molar-refractivity contribution in [3.63, 3.8) is 0 Å². The van der Waals surface area contributed by atoms with Crippen LogP contribution in [0.15, 0.2) is 11.6 Å². The second kappa shape index (κ2) is 18.5. The van der Waals surface area contributed by atoms with Crippen molar-refractivity contribution in [1.29, 1.82) is 0 Å². The van der Waals surface area contributed by atoms with Gasteiger partial charge in [-0.3, -0.25) is 0 Å². The van der Waals surface area contributed by atoms with Gasteiger partial charge in [0.15, 0.2) is 0 Å². The van der Waals surface area contributed by atoms with Crippen LogP contribution in [-0.4, -0.2) is 11.9 Å². The van der Waals surface area contributed by atoms with Crippen molar-refractivity contribution in [2.24, 2.45) is 0 Å². The number of carbonyl (C=O) groups excluding carboxylic acids is 2. The molecule has 0 aromatic carbocycles. The van der Waals surface area contributed by atoms with Crippen molar-refractivity contribution in [2.45, 2.75) is 116 Å². The Bertz CT molecular complexity index is 388. The van der Waals surface area contributed by atoms with Crippen LogP contribution in [0.5, 0.6) is 0 Å². The van der Waals surface area contributed by atoms with E-state index in [1.807, 2.05) is 0 Å². The summed E-state index contributed by atoms with van der Waals surface area (Å²) in [4.78, 5) is 21.2. The van der Waals surface area contributed by atoms with Gasteiger partial charge in [-0.15, -0.1) is 0 Å². The predicted octanol–water partition coefficient (Wildman–Crippen LogP) is 4.06. The van der Waals surface area contributed by atoms with Crippen LogP contribution in [0.1, 0.15) is 116 Å². The van der Waals surface area contributed by atoms with Crippen molar-refractivity contribution in [3.8, 4) is 0 Å². The van der Waals surface area contributed by atoms with E-state index in [2.05, 4.69) is 6.92 Å². The number of carboxylic acids is 2. The van der Waals surface area contributed by atoms with Crippen LogP contribution in [-0.2, 0) is 9.59 Å². The summed E-state index contributed by atoms with van der Waals surface area (Å²) in [5.74, 6) is -2.88. The highest BCUT2D eigenvalue weighted by molar-refractivity contribution is 5.92. The number of hydrogen-bond donors (Lipinski definition) is 0. The number of rotatable bonds is 19. The van der Waals surface area contributed by atoms with Crippen LogP contribution < -0.4 is 10.2 Å². The molecule has 0 atom stereocenters. The zero-order valence-electron chi connectivity index (χ0n) is 16.7. The molecule has 0 saturated heterocycles. The Balaban J connectivity index is 3.31. The zero-order chi connectivity index (χ0) is 19.5. The molecule has 0 radical (unpaired) electrons. The molecule has 152 valence electrons. The maximum Gasteiger partial charge on any atom is 0.0675 e. The molecule has 0 aliphatic carbocycles. The standard InChI is InChI=1S/C22H40O4/c1-2-3-4-5-6-7-8-9-10-11-12-13-14-15-16-17-18-20(22(25)26)19-21(23)24/h19H,2-18H2,1H3,(H,23,24)(H,25,26)/p-2/b20-19+. The Morgan fingerprint density at radius 1 is 0.615 bits per heavy atom. The summed E-state index contributed by atoms with van der Waals surface area (Å²) in [6.07, 6.45) is 21.0. The van der Waals surface area contributed by atoms with E-state index < -0.39 is 11.9 Å². The van der Waals surface area contributed by atoms with Gasteiger partial charge in [-0.05, 0) is 24.5 Å². The fraction of sp³-hybridized carbons (Fsp3) is 0.818. The number of carboxylic acid groups (broad SMARTS) is 2. The average molecular weight is 367 g/mol.